The van der Waals surface area contributed by atoms with Crippen molar-refractivity contribution in [2.75, 3.05) is 6.54 Å². The first-order valence-corrected chi connectivity index (χ1v) is 9.60. The lowest BCUT2D eigenvalue weighted by Gasteiger charge is -2.21. The highest BCUT2D eigenvalue weighted by Gasteiger charge is 2.24. The fraction of sp³-hybridized carbons (Fsp3) is 0.619. The first-order chi connectivity index (χ1) is 11.7. The Morgan fingerprint density at radius 3 is 2.50 bits per heavy atom. The van der Waals surface area contributed by atoms with Crippen LogP contribution in [0.3, 0.4) is 0 Å². The van der Waals surface area contributed by atoms with E-state index in [2.05, 4.69) is 24.4 Å². The number of nitrogens with one attached hydrogen (secondary N) is 1. The molecule has 0 radical (unpaired) electrons. The minimum absolute atomic E-state index is 0.0364. The van der Waals surface area contributed by atoms with Gasteiger partial charge in [-0.25, -0.2) is 0 Å². The third-order valence-corrected chi connectivity index (χ3v) is 4.93. The number of hydrogen-bond donors (Lipinski definition) is 1. The SMILES string of the molecule is CCCCCCCCc1ccc(C(=O)C[C@H]2CCCNC2=O)cc1. The Labute approximate surface area is 146 Å². The predicted molar refractivity (Wildman–Crippen MR) is 98.2 cm³/mol. The molecule has 1 N–H and O–H groups in total. The van der Waals surface area contributed by atoms with Gasteiger partial charge in [-0.15, -0.1) is 0 Å². The molecule has 24 heavy (non-hydrogen) atoms. The topological polar surface area (TPSA) is 46.2 Å². The Balaban J connectivity index is 1.74. The zero-order valence-electron chi connectivity index (χ0n) is 15.0. The molecule has 3 heteroatoms. The third-order valence-electron chi connectivity index (χ3n) is 4.93. The molecule has 0 bridgehead atoms. The number of ketones is 1. The van der Waals surface area contributed by atoms with Crippen LogP contribution in [0.25, 0.3) is 0 Å². The van der Waals surface area contributed by atoms with Crippen molar-refractivity contribution in [3.8, 4) is 0 Å². The quantitative estimate of drug-likeness (QED) is 0.500. The lowest BCUT2D eigenvalue weighted by Crippen LogP contribution is -2.37. The van der Waals surface area contributed by atoms with E-state index in [1.54, 1.807) is 0 Å². The summed E-state index contributed by atoms with van der Waals surface area (Å²) in [6.07, 6.45) is 11.0. The van der Waals surface area contributed by atoms with Crippen LogP contribution in [0.5, 0.6) is 0 Å². The second-order valence-electron chi connectivity index (χ2n) is 6.97. The van der Waals surface area contributed by atoms with Gasteiger partial charge in [0.15, 0.2) is 5.78 Å². The number of hydrogen-bond acceptors (Lipinski definition) is 2. The molecule has 3 nitrogen and oxygen atoms in total. The number of benzene rings is 1. The molecule has 1 aromatic rings. The van der Waals surface area contributed by atoms with E-state index in [-0.39, 0.29) is 17.6 Å². The molecule has 0 aromatic heterocycles. The maximum absolute atomic E-state index is 12.4. The van der Waals surface area contributed by atoms with Gasteiger partial charge in [0.1, 0.15) is 0 Å². The van der Waals surface area contributed by atoms with Gasteiger partial charge in [-0.05, 0) is 31.2 Å². The van der Waals surface area contributed by atoms with Crippen molar-refractivity contribution in [3.05, 3.63) is 35.4 Å². The molecule has 0 spiro atoms. The summed E-state index contributed by atoms with van der Waals surface area (Å²) >= 11 is 0. The number of carbonyl (C=O) groups excluding carboxylic acids is 2. The van der Waals surface area contributed by atoms with Crippen molar-refractivity contribution < 1.29 is 9.59 Å². The number of aryl methyl sites for hydroxylation is 1. The summed E-state index contributed by atoms with van der Waals surface area (Å²) in [5.74, 6) is -0.0218. The highest BCUT2D eigenvalue weighted by Crippen LogP contribution is 2.19. The average molecular weight is 329 g/mol. The van der Waals surface area contributed by atoms with Crippen LogP contribution in [-0.4, -0.2) is 18.2 Å². The number of carbonyl (C=O) groups is 2. The highest BCUT2D eigenvalue weighted by atomic mass is 16.2. The Bertz CT molecular complexity index is 521. The van der Waals surface area contributed by atoms with Gasteiger partial charge in [0.25, 0.3) is 0 Å². The van der Waals surface area contributed by atoms with Crippen molar-refractivity contribution in [2.24, 2.45) is 5.92 Å². The Kier molecular flexibility index (Phi) is 8.00. The Morgan fingerprint density at radius 2 is 1.79 bits per heavy atom. The van der Waals surface area contributed by atoms with E-state index in [0.29, 0.717) is 6.42 Å². The van der Waals surface area contributed by atoms with Gasteiger partial charge >= 0.3 is 0 Å². The summed E-state index contributed by atoms with van der Waals surface area (Å²) in [5, 5.41) is 2.85. The third kappa shape index (κ3) is 6.10. The second-order valence-corrected chi connectivity index (χ2v) is 6.97. The summed E-state index contributed by atoms with van der Waals surface area (Å²) < 4.78 is 0. The van der Waals surface area contributed by atoms with E-state index in [0.717, 1.165) is 31.4 Å². The maximum atomic E-state index is 12.4. The molecule has 1 atom stereocenters. The lowest BCUT2D eigenvalue weighted by atomic mass is 9.91. The highest BCUT2D eigenvalue weighted by molar-refractivity contribution is 5.98. The fourth-order valence-electron chi connectivity index (χ4n) is 3.34. The van der Waals surface area contributed by atoms with E-state index in [1.807, 2.05) is 12.1 Å². The van der Waals surface area contributed by atoms with Gasteiger partial charge in [0.05, 0.1) is 0 Å². The first kappa shape index (κ1) is 18.7. The largest absolute Gasteiger partial charge is 0.356 e. The average Bonchev–Trinajstić information content (AvgIpc) is 2.60. The lowest BCUT2D eigenvalue weighted by molar-refractivity contribution is -0.126. The molecule has 1 aromatic carbocycles. The summed E-state index contributed by atoms with van der Waals surface area (Å²) in [6, 6.07) is 7.99. The van der Waals surface area contributed by atoms with Crippen molar-refractivity contribution in [1.29, 1.82) is 0 Å². The van der Waals surface area contributed by atoms with Crippen LogP contribution in [0, 0.1) is 5.92 Å². The summed E-state index contributed by atoms with van der Waals surface area (Å²) in [7, 11) is 0. The summed E-state index contributed by atoms with van der Waals surface area (Å²) in [6.45, 7) is 2.99. The molecule has 1 fully saturated rings. The van der Waals surface area contributed by atoms with Crippen molar-refractivity contribution in [3.63, 3.8) is 0 Å². The molecule has 1 heterocycles. The molecule has 0 aliphatic carbocycles. The normalized spacial score (nSPS) is 17.5. The minimum Gasteiger partial charge on any atom is -0.356 e. The van der Waals surface area contributed by atoms with E-state index in [4.69, 9.17) is 0 Å². The van der Waals surface area contributed by atoms with E-state index in [1.165, 1.54) is 44.1 Å². The van der Waals surface area contributed by atoms with Gasteiger partial charge in [-0.3, -0.25) is 9.59 Å². The van der Waals surface area contributed by atoms with Crippen molar-refractivity contribution >= 4 is 11.7 Å². The molecule has 1 amide bonds. The minimum atomic E-state index is -0.144. The predicted octanol–water partition coefficient (Wildman–Crippen LogP) is 4.69. The van der Waals surface area contributed by atoms with Crippen LogP contribution in [0.15, 0.2) is 24.3 Å². The van der Waals surface area contributed by atoms with Gasteiger partial charge in [-0.1, -0.05) is 63.3 Å². The first-order valence-electron chi connectivity index (χ1n) is 9.60. The zero-order valence-corrected chi connectivity index (χ0v) is 15.0. The van der Waals surface area contributed by atoms with Crippen LogP contribution in [-0.2, 0) is 11.2 Å². The van der Waals surface area contributed by atoms with Crippen molar-refractivity contribution in [2.45, 2.75) is 71.1 Å². The van der Waals surface area contributed by atoms with E-state index < -0.39 is 0 Å². The molecular formula is C21H31NO2. The van der Waals surface area contributed by atoms with Crippen LogP contribution in [0.1, 0.15) is 80.6 Å². The van der Waals surface area contributed by atoms with Crippen LogP contribution >= 0.6 is 0 Å². The van der Waals surface area contributed by atoms with Crippen molar-refractivity contribution in [1.82, 2.24) is 5.32 Å². The number of unbranched alkanes of at least 4 members (excludes halogenated alkanes) is 5. The number of rotatable bonds is 10. The fourth-order valence-corrected chi connectivity index (χ4v) is 3.34. The molecular weight excluding hydrogens is 298 g/mol. The Morgan fingerprint density at radius 1 is 1.08 bits per heavy atom. The Hall–Kier alpha value is -1.64. The van der Waals surface area contributed by atoms with E-state index >= 15 is 0 Å². The number of Topliss-reactive ketones (excluding diaryl/α,β-unsaturated/α-hetero) is 1. The molecule has 1 aliphatic heterocycles. The summed E-state index contributed by atoms with van der Waals surface area (Å²) in [4.78, 5) is 24.1. The zero-order chi connectivity index (χ0) is 17.2. The molecule has 132 valence electrons. The van der Waals surface area contributed by atoms with Gasteiger partial charge in [0.2, 0.25) is 5.91 Å². The van der Waals surface area contributed by atoms with Gasteiger partial charge in [-0.2, -0.15) is 0 Å². The van der Waals surface area contributed by atoms with Crippen LogP contribution in [0.4, 0.5) is 0 Å². The molecule has 2 rings (SSSR count). The molecule has 0 unspecified atom stereocenters. The number of amides is 1. The van der Waals surface area contributed by atoms with E-state index in [9.17, 15) is 9.59 Å². The standard InChI is InChI=1S/C21H31NO2/c1-2-3-4-5-6-7-9-17-11-13-18(14-12-17)20(23)16-19-10-8-15-22-21(19)24/h11-14,19H,2-10,15-16H2,1H3,(H,22,24)/t19-/m1/s1. The van der Waals surface area contributed by atoms with Gasteiger partial charge in [0, 0.05) is 24.4 Å². The smallest absolute Gasteiger partial charge is 0.223 e. The molecule has 1 aliphatic rings. The van der Waals surface area contributed by atoms with Crippen LogP contribution < -0.4 is 5.32 Å². The second kappa shape index (κ2) is 10.3. The number of piperidine rings is 1. The molecule has 1 saturated heterocycles. The monoisotopic (exact) mass is 329 g/mol. The molecule has 0 saturated carbocycles. The van der Waals surface area contributed by atoms with Crippen LogP contribution in [0.2, 0.25) is 0 Å². The maximum Gasteiger partial charge on any atom is 0.223 e. The van der Waals surface area contributed by atoms with Gasteiger partial charge < -0.3 is 5.32 Å². The summed E-state index contributed by atoms with van der Waals surface area (Å²) in [5.41, 5.74) is 2.04.